The van der Waals surface area contributed by atoms with E-state index in [2.05, 4.69) is 11.2 Å². The van der Waals surface area contributed by atoms with Crippen LogP contribution in [0.1, 0.15) is 5.56 Å². The summed E-state index contributed by atoms with van der Waals surface area (Å²) in [5.41, 5.74) is 1.17. The molecule has 0 aliphatic heterocycles. The Kier molecular flexibility index (Phi) is 5.50. The third-order valence-electron chi connectivity index (χ3n) is 2.25. The molecule has 0 saturated heterocycles. The van der Waals surface area contributed by atoms with E-state index in [1.807, 2.05) is 30.3 Å². The van der Waals surface area contributed by atoms with Crippen molar-refractivity contribution < 1.29 is 4.39 Å². The Balaban J connectivity index is 2.37. The van der Waals surface area contributed by atoms with Crippen molar-refractivity contribution in [1.29, 1.82) is 0 Å². The minimum atomic E-state index is -0.313. The molecule has 0 heterocycles. The molecule has 0 aromatic heterocycles. The van der Waals surface area contributed by atoms with Crippen LogP contribution in [0.2, 0.25) is 0 Å². The van der Waals surface area contributed by atoms with E-state index >= 15 is 0 Å². The summed E-state index contributed by atoms with van der Waals surface area (Å²) in [6.45, 7) is 0.827. The number of terminal acetylenes is 1. The number of rotatable bonds is 6. The Bertz CT molecular complexity index is 302. The standard InChI is InChI=1S/C13H16FN/c1-2-8-15-11-13(10-14)9-12-6-4-3-5-7-12/h1,3-7,13,15H,8-11H2. The van der Waals surface area contributed by atoms with Gasteiger partial charge in [0.15, 0.2) is 0 Å². The molecule has 0 bridgehead atoms. The van der Waals surface area contributed by atoms with Gasteiger partial charge in [-0.05, 0) is 12.0 Å². The summed E-state index contributed by atoms with van der Waals surface area (Å²) in [6, 6.07) is 9.94. The van der Waals surface area contributed by atoms with E-state index in [0.717, 1.165) is 6.42 Å². The highest BCUT2D eigenvalue weighted by atomic mass is 19.1. The highest BCUT2D eigenvalue weighted by Crippen LogP contribution is 2.08. The molecule has 0 radical (unpaired) electrons. The van der Waals surface area contributed by atoms with Crippen LogP contribution in [0.15, 0.2) is 30.3 Å². The molecule has 0 saturated carbocycles. The maximum Gasteiger partial charge on any atom is 0.0937 e. The fourth-order valence-electron chi connectivity index (χ4n) is 1.48. The van der Waals surface area contributed by atoms with Crippen molar-refractivity contribution >= 4 is 0 Å². The molecule has 80 valence electrons. The molecule has 1 rings (SSSR count). The van der Waals surface area contributed by atoms with Gasteiger partial charge in [0.25, 0.3) is 0 Å². The van der Waals surface area contributed by atoms with Crippen LogP contribution in [0, 0.1) is 18.3 Å². The normalized spacial score (nSPS) is 12.0. The molecule has 0 spiro atoms. The molecule has 2 heteroatoms. The van der Waals surface area contributed by atoms with Gasteiger partial charge >= 0.3 is 0 Å². The summed E-state index contributed by atoms with van der Waals surface area (Å²) in [5.74, 6) is 2.49. The van der Waals surface area contributed by atoms with E-state index in [0.29, 0.717) is 13.1 Å². The van der Waals surface area contributed by atoms with Gasteiger partial charge in [0.1, 0.15) is 0 Å². The Hall–Kier alpha value is -1.33. The van der Waals surface area contributed by atoms with Crippen LogP contribution in [-0.2, 0) is 6.42 Å². The highest BCUT2D eigenvalue weighted by Gasteiger charge is 2.08. The molecule has 1 aromatic carbocycles. The molecule has 0 aliphatic rings. The van der Waals surface area contributed by atoms with Gasteiger partial charge in [-0.15, -0.1) is 6.42 Å². The predicted molar refractivity (Wildman–Crippen MR) is 61.3 cm³/mol. The Morgan fingerprint density at radius 3 is 2.67 bits per heavy atom. The first-order chi connectivity index (χ1) is 7.36. The van der Waals surface area contributed by atoms with Crippen molar-refractivity contribution in [3.8, 4) is 12.3 Å². The molecule has 1 nitrogen and oxygen atoms in total. The predicted octanol–water partition coefficient (Wildman–Crippen LogP) is 2.04. The van der Waals surface area contributed by atoms with Crippen molar-refractivity contribution in [2.75, 3.05) is 19.8 Å². The zero-order valence-electron chi connectivity index (χ0n) is 8.75. The molecular formula is C13H16FN. The first-order valence-electron chi connectivity index (χ1n) is 5.11. The number of nitrogens with one attached hydrogen (secondary N) is 1. The van der Waals surface area contributed by atoms with Gasteiger partial charge in [0, 0.05) is 12.5 Å². The maximum absolute atomic E-state index is 12.7. The summed E-state index contributed by atoms with van der Waals surface area (Å²) in [5, 5.41) is 3.03. The molecular weight excluding hydrogens is 189 g/mol. The number of halogens is 1. The Morgan fingerprint density at radius 1 is 1.33 bits per heavy atom. The number of hydrogen-bond donors (Lipinski definition) is 1. The number of hydrogen-bond acceptors (Lipinski definition) is 1. The minimum absolute atomic E-state index is 0.0146. The smallest absolute Gasteiger partial charge is 0.0937 e. The Labute approximate surface area is 90.7 Å². The molecule has 1 aromatic rings. The van der Waals surface area contributed by atoms with E-state index < -0.39 is 0 Å². The first kappa shape index (κ1) is 11.7. The summed E-state index contributed by atoms with van der Waals surface area (Å²) in [4.78, 5) is 0. The van der Waals surface area contributed by atoms with Crippen LogP contribution in [0.25, 0.3) is 0 Å². The lowest BCUT2D eigenvalue weighted by molar-refractivity contribution is 0.349. The van der Waals surface area contributed by atoms with Gasteiger partial charge < -0.3 is 5.32 Å². The quantitative estimate of drug-likeness (QED) is 0.553. The summed E-state index contributed by atoms with van der Waals surface area (Å²) >= 11 is 0. The van der Waals surface area contributed by atoms with Crippen LogP contribution in [0.5, 0.6) is 0 Å². The minimum Gasteiger partial charge on any atom is -0.306 e. The molecule has 1 N–H and O–H groups in total. The topological polar surface area (TPSA) is 12.0 Å². The molecule has 1 atom stereocenters. The van der Waals surface area contributed by atoms with Crippen LogP contribution < -0.4 is 5.32 Å². The van der Waals surface area contributed by atoms with Gasteiger partial charge in [0.2, 0.25) is 0 Å². The SMILES string of the molecule is C#CCNCC(CF)Cc1ccccc1. The van der Waals surface area contributed by atoms with Gasteiger partial charge in [-0.1, -0.05) is 36.3 Å². The summed E-state index contributed by atoms with van der Waals surface area (Å²) in [7, 11) is 0. The van der Waals surface area contributed by atoms with Gasteiger partial charge in [-0.2, -0.15) is 0 Å². The second-order valence-corrected chi connectivity index (χ2v) is 3.55. The lowest BCUT2D eigenvalue weighted by Crippen LogP contribution is -2.25. The lowest BCUT2D eigenvalue weighted by atomic mass is 10.0. The third kappa shape index (κ3) is 4.62. The average molecular weight is 205 g/mol. The van der Waals surface area contributed by atoms with E-state index in [1.165, 1.54) is 5.56 Å². The molecule has 0 fully saturated rings. The van der Waals surface area contributed by atoms with E-state index in [9.17, 15) is 4.39 Å². The van der Waals surface area contributed by atoms with Crippen molar-refractivity contribution in [3.05, 3.63) is 35.9 Å². The fraction of sp³-hybridized carbons (Fsp3) is 0.385. The van der Waals surface area contributed by atoms with Gasteiger partial charge in [0.05, 0.1) is 13.2 Å². The van der Waals surface area contributed by atoms with Gasteiger partial charge in [-0.25, -0.2) is 0 Å². The largest absolute Gasteiger partial charge is 0.306 e. The fourth-order valence-corrected chi connectivity index (χ4v) is 1.48. The third-order valence-corrected chi connectivity index (χ3v) is 2.25. The zero-order valence-corrected chi connectivity index (χ0v) is 8.75. The number of benzene rings is 1. The zero-order chi connectivity index (χ0) is 10.9. The van der Waals surface area contributed by atoms with E-state index in [1.54, 1.807) is 0 Å². The maximum atomic E-state index is 12.7. The second kappa shape index (κ2) is 7.03. The molecule has 15 heavy (non-hydrogen) atoms. The van der Waals surface area contributed by atoms with Crippen LogP contribution in [0.4, 0.5) is 4.39 Å². The van der Waals surface area contributed by atoms with Gasteiger partial charge in [-0.3, -0.25) is 4.39 Å². The molecule has 1 unspecified atom stereocenters. The van der Waals surface area contributed by atoms with Crippen molar-refractivity contribution in [2.45, 2.75) is 6.42 Å². The average Bonchev–Trinajstić information content (AvgIpc) is 2.29. The van der Waals surface area contributed by atoms with Crippen molar-refractivity contribution in [3.63, 3.8) is 0 Å². The number of alkyl halides is 1. The van der Waals surface area contributed by atoms with Crippen molar-refractivity contribution in [2.24, 2.45) is 5.92 Å². The summed E-state index contributed by atoms with van der Waals surface area (Å²) < 4.78 is 12.7. The molecule has 0 amide bonds. The van der Waals surface area contributed by atoms with Crippen LogP contribution in [0.3, 0.4) is 0 Å². The van der Waals surface area contributed by atoms with E-state index in [4.69, 9.17) is 6.42 Å². The first-order valence-corrected chi connectivity index (χ1v) is 5.11. The monoisotopic (exact) mass is 205 g/mol. The summed E-state index contributed by atoms with van der Waals surface area (Å²) in [6.07, 6.45) is 5.86. The van der Waals surface area contributed by atoms with E-state index in [-0.39, 0.29) is 12.6 Å². The Morgan fingerprint density at radius 2 is 2.07 bits per heavy atom. The second-order valence-electron chi connectivity index (χ2n) is 3.55. The lowest BCUT2D eigenvalue weighted by Gasteiger charge is -2.12. The van der Waals surface area contributed by atoms with Crippen LogP contribution in [-0.4, -0.2) is 19.8 Å². The van der Waals surface area contributed by atoms with Crippen molar-refractivity contribution in [1.82, 2.24) is 5.32 Å². The molecule has 0 aliphatic carbocycles. The highest BCUT2D eigenvalue weighted by molar-refractivity contribution is 5.15. The van der Waals surface area contributed by atoms with Crippen LogP contribution >= 0.6 is 0 Å².